The van der Waals surface area contributed by atoms with Gasteiger partial charge in [0.15, 0.2) is 0 Å². The van der Waals surface area contributed by atoms with E-state index in [0.717, 1.165) is 19.0 Å². The highest BCUT2D eigenvalue weighted by molar-refractivity contribution is 5.43. The van der Waals surface area contributed by atoms with E-state index in [9.17, 15) is 5.11 Å². The van der Waals surface area contributed by atoms with Crippen molar-refractivity contribution in [2.75, 3.05) is 32.0 Å². The van der Waals surface area contributed by atoms with Crippen LogP contribution in [0, 0.1) is 5.92 Å². The smallest absolute Gasteiger partial charge is 0.121 e. The van der Waals surface area contributed by atoms with E-state index in [0.29, 0.717) is 24.6 Å². The first kappa shape index (κ1) is 14.2. The van der Waals surface area contributed by atoms with E-state index in [2.05, 4.69) is 11.8 Å². The molecule has 106 valence electrons. The standard InChI is InChI=1S/C15H24N2O2/c1-2-17(9-12-6-7-12)10-14(18)11-19-15-5-3-4-13(16)8-15/h3-5,8,12,14,18H,2,6-7,9-11,16H2,1H3. The summed E-state index contributed by atoms with van der Waals surface area (Å²) in [6.45, 7) is 5.20. The average Bonchev–Trinajstić information content (AvgIpc) is 3.19. The largest absolute Gasteiger partial charge is 0.491 e. The Bertz CT molecular complexity index is 393. The Kier molecular flexibility index (Phi) is 5.05. The predicted molar refractivity (Wildman–Crippen MR) is 77.2 cm³/mol. The van der Waals surface area contributed by atoms with Crippen LogP contribution in [0.25, 0.3) is 0 Å². The quantitative estimate of drug-likeness (QED) is 0.702. The molecular weight excluding hydrogens is 240 g/mol. The molecule has 0 saturated heterocycles. The van der Waals surface area contributed by atoms with Crippen LogP contribution in [0.2, 0.25) is 0 Å². The molecule has 1 saturated carbocycles. The van der Waals surface area contributed by atoms with Gasteiger partial charge in [0.2, 0.25) is 0 Å². The summed E-state index contributed by atoms with van der Waals surface area (Å²) >= 11 is 0. The van der Waals surface area contributed by atoms with Gasteiger partial charge in [0.05, 0.1) is 0 Å². The molecule has 4 heteroatoms. The van der Waals surface area contributed by atoms with Gasteiger partial charge in [-0.2, -0.15) is 0 Å². The third kappa shape index (κ3) is 5.09. The second kappa shape index (κ2) is 6.78. The highest BCUT2D eigenvalue weighted by Gasteiger charge is 2.24. The van der Waals surface area contributed by atoms with Gasteiger partial charge in [0.25, 0.3) is 0 Å². The number of rotatable bonds is 8. The van der Waals surface area contributed by atoms with Crippen molar-refractivity contribution in [2.24, 2.45) is 5.92 Å². The molecule has 1 aromatic carbocycles. The minimum atomic E-state index is -0.458. The Labute approximate surface area is 115 Å². The van der Waals surface area contributed by atoms with Crippen molar-refractivity contribution in [3.8, 4) is 5.75 Å². The number of nitrogens with two attached hydrogens (primary N) is 1. The number of aliphatic hydroxyl groups excluding tert-OH is 1. The summed E-state index contributed by atoms with van der Waals surface area (Å²) in [5, 5.41) is 10.0. The number of anilines is 1. The van der Waals surface area contributed by atoms with E-state index >= 15 is 0 Å². The second-order valence-corrected chi connectivity index (χ2v) is 5.33. The van der Waals surface area contributed by atoms with Crippen LogP contribution in [-0.4, -0.2) is 42.4 Å². The lowest BCUT2D eigenvalue weighted by atomic mass is 10.3. The lowest BCUT2D eigenvalue weighted by Gasteiger charge is -2.23. The molecule has 2 rings (SSSR count). The summed E-state index contributed by atoms with van der Waals surface area (Å²) in [5.41, 5.74) is 6.36. The van der Waals surface area contributed by atoms with Crippen LogP contribution in [0.3, 0.4) is 0 Å². The predicted octanol–water partition coefficient (Wildman–Crippen LogP) is 1.74. The lowest BCUT2D eigenvalue weighted by Crippen LogP contribution is -2.36. The van der Waals surface area contributed by atoms with Crippen molar-refractivity contribution in [3.63, 3.8) is 0 Å². The number of hydrogen-bond donors (Lipinski definition) is 2. The van der Waals surface area contributed by atoms with Crippen LogP contribution in [-0.2, 0) is 0 Å². The molecule has 0 spiro atoms. The SMILES string of the molecule is CCN(CC(O)COc1cccc(N)c1)CC1CC1. The zero-order chi connectivity index (χ0) is 13.7. The van der Waals surface area contributed by atoms with Crippen LogP contribution >= 0.6 is 0 Å². The van der Waals surface area contributed by atoms with E-state index in [1.807, 2.05) is 18.2 Å². The molecule has 1 fully saturated rings. The number of ether oxygens (including phenoxy) is 1. The van der Waals surface area contributed by atoms with E-state index < -0.39 is 6.10 Å². The maximum Gasteiger partial charge on any atom is 0.121 e. The van der Waals surface area contributed by atoms with Crippen molar-refractivity contribution in [3.05, 3.63) is 24.3 Å². The molecule has 0 amide bonds. The molecule has 0 aromatic heterocycles. The Morgan fingerprint density at radius 1 is 1.47 bits per heavy atom. The molecule has 1 aliphatic carbocycles. The third-order valence-corrected chi connectivity index (χ3v) is 3.43. The van der Waals surface area contributed by atoms with E-state index in [1.54, 1.807) is 6.07 Å². The zero-order valence-corrected chi connectivity index (χ0v) is 11.6. The van der Waals surface area contributed by atoms with Crippen LogP contribution in [0.15, 0.2) is 24.3 Å². The van der Waals surface area contributed by atoms with Crippen molar-refractivity contribution in [1.29, 1.82) is 0 Å². The average molecular weight is 264 g/mol. The number of nitrogens with zero attached hydrogens (tertiary/aromatic N) is 1. The Morgan fingerprint density at radius 2 is 2.26 bits per heavy atom. The molecule has 1 aliphatic rings. The minimum absolute atomic E-state index is 0.310. The molecule has 1 atom stereocenters. The molecule has 1 unspecified atom stereocenters. The monoisotopic (exact) mass is 264 g/mol. The molecular formula is C15H24N2O2. The van der Waals surface area contributed by atoms with Gasteiger partial charge in [0, 0.05) is 24.8 Å². The number of nitrogen functional groups attached to an aromatic ring is 1. The zero-order valence-electron chi connectivity index (χ0n) is 11.6. The van der Waals surface area contributed by atoms with Gasteiger partial charge in [-0.1, -0.05) is 13.0 Å². The molecule has 4 nitrogen and oxygen atoms in total. The lowest BCUT2D eigenvalue weighted by molar-refractivity contribution is 0.0684. The van der Waals surface area contributed by atoms with Gasteiger partial charge in [0.1, 0.15) is 18.5 Å². The van der Waals surface area contributed by atoms with Crippen LogP contribution in [0.1, 0.15) is 19.8 Å². The van der Waals surface area contributed by atoms with Crippen LogP contribution < -0.4 is 10.5 Å². The van der Waals surface area contributed by atoms with Crippen LogP contribution in [0.5, 0.6) is 5.75 Å². The Morgan fingerprint density at radius 3 is 2.89 bits per heavy atom. The first-order valence-corrected chi connectivity index (χ1v) is 7.06. The first-order valence-electron chi connectivity index (χ1n) is 7.06. The summed E-state index contributed by atoms with van der Waals surface area (Å²) in [6.07, 6.45) is 2.22. The molecule has 1 aromatic rings. The molecule has 0 heterocycles. The fraction of sp³-hybridized carbons (Fsp3) is 0.600. The van der Waals surface area contributed by atoms with Gasteiger partial charge < -0.3 is 20.5 Å². The molecule has 0 bridgehead atoms. The maximum absolute atomic E-state index is 10.0. The minimum Gasteiger partial charge on any atom is -0.491 e. The summed E-state index contributed by atoms with van der Waals surface area (Å²) in [5.74, 6) is 1.56. The van der Waals surface area contributed by atoms with Crippen molar-refractivity contribution in [1.82, 2.24) is 4.90 Å². The van der Waals surface area contributed by atoms with Gasteiger partial charge in [-0.3, -0.25) is 0 Å². The topological polar surface area (TPSA) is 58.7 Å². The molecule has 0 radical (unpaired) electrons. The highest BCUT2D eigenvalue weighted by Crippen LogP contribution is 2.29. The van der Waals surface area contributed by atoms with Gasteiger partial charge in [-0.05, 0) is 37.4 Å². The van der Waals surface area contributed by atoms with E-state index in [1.165, 1.54) is 12.8 Å². The van der Waals surface area contributed by atoms with Crippen molar-refractivity contribution >= 4 is 5.69 Å². The van der Waals surface area contributed by atoms with Crippen molar-refractivity contribution < 1.29 is 9.84 Å². The Balaban J connectivity index is 1.72. The fourth-order valence-corrected chi connectivity index (χ4v) is 2.15. The first-order chi connectivity index (χ1) is 9.17. The molecule has 3 N–H and O–H groups in total. The third-order valence-electron chi connectivity index (χ3n) is 3.43. The maximum atomic E-state index is 10.0. The van der Waals surface area contributed by atoms with Gasteiger partial charge in [-0.25, -0.2) is 0 Å². The highest BCUT2D eigenvalue weighted by atomic mass is 16.5. The van der Waals surface area contributed by atoms with E-state index in [4.69, 9.17) is 10.5 Å². The summed E-state index contributed by atoms with van der Waals surface area (Å²) in [7, 11) is 0. The number of likely N-dealkylation sites (N-methyl/N-ethyl adjacent to an activating group) is 1. The summed E-state index contributed by atoms with van der Waals surface area (Å²) < 4.78 is 5.56. The van der Waals surface area contributed by atoms with Gasteiger partial charge in [-0.15, -0.1) is 0 Å². The number of aliphatic hydroxyl groups is 1. The number of hydrogen-bond acceptors (Lipinski definition) is 4. The summed E-state index contributed by atoms with van der Waals surface area (Å²) in [6, 6.07) is 7.29. The van der Waals surface area contributed by atoms with Crippen molar-refractivity contribution in [2.45, 2.75) is 25.9 Å². The molecule has 0 aliphatic heterocycles. The van der Waals surface area contributed by atoms with Gasteiger partial charge >= 0.3 is 0 Å². The van der Waals surface area contributed by atoms with Crippen LogP contribution in [0.4, 0.5) is 5.69 Å². The fourth-order valence-electron chi connectivity index (χ4n) is 2.15. The van der Waals surface area contributed by atoms with E-state index in [-0.39, 0.29) is 0 Å². The number of benzene rings is 1. The summed E-state index contributed by atoms with van der Waals surface area (Å²) in [4.78, 5) is 2.30. The second-order valence-electron chi connectivity index (χ2n) is 5.33. The molecule has 19 heavy (non-hydrogen) atoms. The normalized spacial score (nSPS) is 16.6. The Hall–Kier alpha value is -1.26.